The zero-order valence-electron chi connectivity index (χ0n) is 11.6. The third-order valence-corrected chi connectivity index (χ3v) is 3.01. The molecule has 0 aliphatic rings. The van der Waals surface area contributed by atoms with E-state index in [0.717, 1.165) is 36.3 Å². The number of rotatable bonds is 6. The van der Waals surface area contributed by atoms with E-state index in [0.29, 0.717) is 11.5 Å². The van der Waals surface area contributed by atoms with Gasteiger partial charge in [-0.15, -0.1) is 0 Å². The average Bonchev–Trinajstić information content (AvgIpc) is 2.92. The Balaban J connectivity index is 2.33. The fraction of sp³-hybridized carbons (Fsp3) is 0.400. The van der Waals surface area contributed by atoms with Crippen LogP contribution in [0.25, 0.3) is 11.3 Å². The van der Waals surface area contributed by atoms with Gasteiger partial charge in [-0.2, -0.15) is 0 Å². The highest BCUT2D eigenvalue weighted by molar-refractivity contribution is 5.71. The molecule has 0 N–H and O–H groups in total. The zero-order valence-corrected chi connectivity index (χ0v) is 11.6. The number of hydrogen-bond acceptors (Lipinski definition) is 4. The van der Waals surface area contributed by atoms with Gasteiger partial charge >= 0.3 is 0 Å². The lowest BCUT2D eigenvalue weighted by Gasteiger charge is -2.10. The summed E-state index contributed by atoms with van der Waals surface area (Å²) < 4.78 is 16.0. The van der Waals surface area contributed by atoms with Gasteiger partial charge in [0.15, 0.2) is 11.5 Å². The Labute approximate surface area is 113 Å². The van der Waals surface area contributed by atoms with Crippen LogP contribution in [0.2, 0.25) is 0 Å². The first-order valence-electron chi connectivity index (χ1n) is 6.47. The first-order chi connectivity index (χ1) is 9.30. The van der Waals surface area contributed by atoms with Crippen molar-refractivity contribution in [2.24, 2.45) is 0 Å². The molecule has 4 heteroatoms. The number of benzene rings is 1. The second-order valence-electron chi connectivity index (χ2n) is 4.32. The molecule has 0 saturated carbocycles. The van der Waals surface area contributed by atoms with Crippen LogP contribution < -0.4 is 9.47 Å². The Kier molecular flexibility index (Phi) is 4.44. The maximum Gasteiger partial charge on any atom is 0.170 e. The molecule has 0 aliphatic heterocycles. The highest BCUT2D eigenvalue weighted by Crippen LogP contribution is 2.37. The summed E-state index contributed by atoms with van der Waals surface area (Å²) in [5.41, 5.74) is 1.66. The van der Waals surface area contributed by atoms with E-state index in [1.165, 1.54) is 0 Å². The number of ether oxygens (including phenoxy) is 2. The van der Waals surface area contributed by atoms with Gasteiger partial charge < -0.3 is 14.0 Å². The van der Waals surface area contributed by atoms with Gasteiger partial charge in [-0.25, -0.2) is 0 Å². The van der Waals surface area contributed by atoms with E-state index >= 15 is 0 Å². The van der Waals surface area contributed by atoms with Crippen molar-refractivity contribution in [2.45, 2.75) is 26.2 Å². The van der Waals surface area contributed by atoms with Gasteiger partial charge in [0.2, 0.25) is 0 Å². The van der Waals surface area contributed by atoms with Crippen molar-refractivity contribution in [1.29, 1.82) is 0 Å². The van der Waals surface area contributed by atoms with Crippen molar-refractivity contribution in [2.75, 3.05) is 14.2 Å². The lowest BCUT2D eigenvalue weighted by molar-refractivity contribution is 0.355. The largest absolute Gasteiger partial charge is 0.493 e. The lowest BCUT2D eigenvalue weighted by atomic mass is 10.1. The molecule has 0 spiro atoms. The molecule has 2 rings (SSSR count). The van der Waals surface area contributed by atoms with Gasteiger partial charge in [0.1, 0.15) is 11.5 Å². The van der Waals surface area contributed by atoms with E-state index < -0.39 is 0 Å². The van der Waals surface area contributed by atoms with E-state index in [2.05, 4.69) is 12.1 Å². The van der Waals surface area contributed by atoms with Gasteiger partial charge in [-0.1, -0.05) is 24.6 Å². The average molecular weight is 261 g/mol. The normalized spacial score (nSPS) is 10.5. The third kappa shape index (κ3) is 2.89. The predicted octanol–water partition coefficient (Wildman–Crippen LogP) is 3.70. The zero-order chi connectivity index (χ0) is 13.7. The Bertz CT molecular complexity index is 534. The summed E-state index contributed by atoms with van der Waals surface area (Å²) in [4.78, 5) is 0. The molecule has 0 bridgehead atoms. The van der Waals surface area contributed by atoms with Crippen LogP contribution in [0.4, 0.5) is 0 Å². The molecule has 19 heavy (non-hydrogen) atoms. The SMILES string of the molecule is CCCCc1cc(-c2cccc(OC)c2OC)no1. The van der Waals surface area contributed by atoms with Crippen LogP contribution in [-0.4, -0.2) is 19.4 Å². The molecule has 0 unspecified atom stereocenters. The van der Waals surface area contributed by atoms with Crippen molar-refractivity contribution in [3.05, 3.63) is 30.0 Å². The summed E-state index contributed by atoms with van der Waals surface area (Å²) in [6.45, 7) is 2.16. The minimum Gasteiger partial charge on any atom is -0.493 e. The van der Waals surface area contributed by atoms with Gasteiger partial charge in [-0.3, -0.25) is 0 Å². The second-order valence-corrected chi connectivity index (χ2v) is 4.32. The molecule has 1 heterocycles. The number of unbranched alkanes of at least 4 members (excludes halogenated alkanes) is 1. The van der Waals surface area contributed by atoms with E-state index in [4.69, 9.17) is 14.0 Å². The molecule has 0 fully saturated rings. The van der Waals surface area contributed by atoms with E-state index in [-0.39, 0.29) is 0 Å². The van der Waals surface area contributed by atoms with Crippen molar-refractivity contribution in [3.8, 4) is 22.8 Å². The van der Waals surface area contributed by atoms with Crippen molar-refractivity contribution < 1.29 is 14.0 Å². The molecule has 2 aromatic rings. The molecule has 102 valence electrons. The first-order valence-corrected chi connectivity index (χ1v) is 6.47. The number of nitrogens with zero attached hydrogens (tertiary/aromatic N) is 1. The fourth-order valence-corrected chi connectivity index (χ4v) is 2.00. The standard InChI is InChI=1S/C15H19NO3/c1-4-5-7-11-10-13(16-19-11)12-8-6-9-14(17-2)15(12)18-3/h6,8-10H,4-5,7H2,1-3H3. The van der Waals surface area contributed by atoms with E-state index in [9.17, 15) is 0 Å². The lowest BCUT2D eigenvalue weighted by Crippen LogP contribution is -1.93. The van der Waals surface area contributed by atoms with Crippen LogP contribution in [0.5, 0.6) is 11.5 Å². The summed E-state index contributed by atoms with van der Waals surface area (Å²) in [5, 5.41) is 4.11. The Morgan fingerprint density at radius 1 is 1.21 bits per heavy atom. The number of hydrogen-bond donors (Lipinski definition) is 0. The number of methoxy groups -OCH3 is 2. The first kappa shape index (κ1) is 13.5. The molecular weight excluding hydrogens is 242 g/mol. The summed E-state index contributed by atoms with van der Waals surface area (Å²) >= 11 is 0. The molecular formula is C15H19NO3. The highest BCUT2D eigenvalue weighted by atomic mass is 16.5. The summed E-state index contributed by atoms with van der Waals surface area (Å²) in [6.07, 6.45) is 3.15. The van der Waals surface area contributed by atoms with E-state index in [1.807, 2.05) is 24.3 Å². The number of aryl methyl sites for hydroxylation is 1. The Morgan fingerprint density at radius 3 is 2.74 bits per heavy atom. The molecule has 0 radical (unpaired) electrons. The topological polar surface area (TPSA) is 44.5 Å². The number of para-hydroxylation sites is 1. The molecule has 0 saturated heterocycles. The van der Waals surface area contributed by atoms with Crippen LogP contribution in [-0.2, 0) is 6.42 Å². The third-order valence-electron chi connectivity index (χ3n) is 3.01. The Morgan fingerprint density at radius 2 is 2.05 bits per heavy atom. The van der Waals surface area contributed by atoms with Crippen molar-refractivity contribution >= 4 is 0 Å². The molecule has 4 nitrogen and oxygen atoms in total. The predicted molar refractivity (Wildman–Crippen MR) is 73.7 cm³/mol. The van der Waals surface area contributed by atoms with Crippen LogP contribution in [0.1, 0.15) is 25.5 Å². The second kappa shape index (κ2) is 6.27. The van der Waals surface area contributed by atoms with Gasteiger partial charge in [0, 0.05) is 18.1 Å². The summed E-state index contributed by atoms with van der Waals surface area (Å²) in [6, 6.07) is 7.69. The van der Waals surface area contributed by atoms with Gasteiger partial charge in [0.05, 0.1) is 14.2 Å². The van der Waals surface area contributed by atoms with Crippen LogP contribution >= 0.6 is 0 Å². The Hall–Kier alpha value is -1.97. The molecule has 1 aromatic carbocycles. The van der Waals surface area contributed by atoms with Crippen LogP contribution in [0.3, 0.4) is 0 Å². The molecule has 0 aliphatic carbocycles. The van der Waals surface area contributed by atoms with Crippen LogP contribution in [0.15, 0.2) is 28.8 Å². The quantitative estimate of drug-likeness (QED) is 0.795. The monoisotopic (exact) mass is 261 g/mol. The highest BCUT2D eigenvalue weighted by Gasteiger charge is 2.14. The maximum atomic E-state index is 5.41. The van der Waals surface area contributed by atoms with Crippen LogP contribution in [0, 0.1) is 0 Å². The number of aromatic nitrogens is 1. The minimum absolute atomic E-state index is 0.681. The van der Waals surface area contributed by atoms with E-state index in [1.54, 1.807) is 14.2 Å². The van der Waals surface area contributed by atoms with Gasteiger partial charge in [0.25, 0.3) is 0 Å². The molecule has 1 aromatic heterocycles. The minimum atomic E-state index is 0.681. The van der Waals surface area contributed by atoms with Crippen molar-refractivity contribution in [3.63, 3.8) is 0 Å². The molecule has 0 atom stereocenters. The van der Waals surface area contributed by atoms with Gasteiger partial charge in [-0.05, 0) is 18.6 Å². The summed E-state index contributed by atoms with van der Waals surface area (Å²) in [5.74, 6) is 2.28. The molecule has 0 amide bonds. The fourth-order valence-electron chi connectivity index (χ4n) is 2.00. The van der Waals surface area contributed by atoms with Crippen molar-refractivity contribution in [1.82, 2.24) is 5.16 Å². The maximum absolute atomic E-state index is 5.41. The smallest absolute Gasteiger partial charge is 0.170 e. The summed E-state index contributed by atoms with van der Waals surface area (Å²) in [7, 11) is 3.25.